The monoisotopic (exact) mass is 294 g/mol. The number of halogens is 1. The van der Waals surface area contributed by atoms with Gasteiger partial charge in [0.15, 0.2) is 0 Å². The van der Waals surface area contributed by atoms with E-state index in [1.165, 1.54) is 0 Å². The first-order valence-electron chi connectivity index (χ1n) is 5.58. The van der Waals surface area contributed by atoms with Gasteiger partial charge in [-0.3, -0.25) is 9.89 Å². The second kappa shape index (κ2) is 4.53. The van der Waals surface area contributed by atoms with Gasteiger partial charge in [-0.15, -0.1) is 0 Å². The molecule has 0 radical (unpaired) electrons. The molecule has 0 atom stereocenters. The van der Waals surface area contributed by atoms with Crippen molar-refractivity contribution in [2.75, 3.05) is 0 Å². The zero-order chi connectivity index (χ0) is 12.6. The van der Waals surface area contributed by atoms with Crippen LogP contribution < -0.4 is 5.56 Å². The van der Waals surface area contributed by atoms with Crippen molar-refractivity contribution in [1.29, 1.82) is 0 Å². The van der Waals surface area contributed by atoms with Crippen LogP contribution in [-0.4, -0.2) is 9.78 Å². The number of rotatable bonds is 2. The van der Waals surface area contributed by atoms with E-state index in [0.717, 1.165) is 16.9 Å². The Morgan fingerprint density at radius 2 is 1.94 bits per heavy atom. The molecule has 0 fully saturated rings. The third-order valence-corrected chi connectivity index (χ3v) is 3.56. The highest BCUT2D eigenvalue weighted by Gasteiger charge is 2.15. The number of hydrogen-bond acceptors (Lipinski definition) is 1. The predicted octanol–water partition coefficient (Wildman–Crippen LogP) is 3.36. The van der Waals surface area contributed by atoms with Gasteiger partial charge in [-0.25, -0.2) is 4.68 Å². The molecule has 2 aromatic rings. The molecular weight excluding hydrogens is 280 g/mol. The summed E-state index contributed by atoms with van der Waals surface area (Å²) in [7, 11) is 0. The summed E-state index contributed by atoms with van der Waals surface area (Å²) in [5, 5.41) is 3.16. The summed E-state index contributed by atoms with van der Waals surface area (Å²) in [6.45, 7) is 6.10. The van der Waals surface area contributed by atoms with Gasteiger partial charge >= 0.3 is 0 Å². The largest absolute Gasteiger partial charge is 0.294 e. The lowest BCUT2D eigenvalue weighted by molar-refractivity contribution is 0.757. The fourth-order valence-corrected chi connectivity index (χ4v) is 2.52. The molecule has 0 unspecified atom stereocenters. The highest BCUT2D eigenvalue weighted by Crippen LogP contribution is 2.21. The van der Waals surface area contributed by atoms with Gasteiger partial charge in [0, 0.05) is 0 Å². The van der Waals surface area contributed by atoms with Crippen molar-refractivity contribution in [2.24, 2.45) is 0 Å². The second-order valence-electron chi connectivity index (χ2n) is 4.42. The van der Waals surface area contributed by atoms with Gasteiger partial charge in [-0.05, 0) is 40.4 Å². The van der Waals surface area contributed by atoms with Crippen molar-refractivity contribution in [2.45, 2.75) is 26.7 Å². The molecule has 3 nitrogen and oxygen atoms in total. The van der Waals surface area contributed by atoms with Crippen molar-refractivity contribution < 1.29 is 0 Å². The van der Waals surface area contributed by atoms with Crippen LogP contribution in [0.25, 0.3) is 5.69 Å². The fourth-order valence-electron chi connectivity index (χ4n) is 1.80. The molecule has 0 saturated carbocycles. The van der Waals surface area contributed by atoms with Crippen LogP contribution in [0.3, 0.4) is 0 Å². The van der Waals surface area contributed by atoms with E-state index >= 15 is 0 Å². The smallest absolute Gasteiger partial charge is 0.285 e. The van der Waals surface area contributed by atoms with Crippen molar-refractivity contribution in [3.05, 3.63) is 50.3 Å². The highest BCUT2D eigenvalue weighted by molar-refractivity contribution is 9.10. The van der Waals surface area contributed by atoms with Crippen LogP contribution in [0.15, 0.2) is 33.5 Å². The van der Waals surface area contributed by atoms with E-state index in [4.69, 9.17) is 0 Å². The second-order valence-corrected chi connectivity index (χ2v) is 5.21. The quantitative estimate of drug-likeness (QED) is 0.906. The molecule has 1 aromatic heterocycles. The molecule has 0 saturated heterocycles. The molecule has 2 rings (SSSR count). The topological polar surface area (TPSA) is 37.8 Å². The summed E-state index contributed by atoms with van der Waals surface area (Å²) in [6, 6.07) is 7.82. The minimum absolute atomic E-state index is 0.0389. The molecule has 0 aliphatic rings. The number of nitrogens with zero attached hydrogens (tertiary/aromatic N) is 1. The minimum atomic E-state index is -0.0389. The van der Waals surface area contributed by atoms with Crippen LogP contribution in [0.2, 0.25) is 0 Å². The lowest BCUT2D eigenvalue weighted by Crippen LogP contribution is -2.15. The van der Waals surface area contributed by atoms with Crippen LogP contribution >= 0.6 is 15.9 Å². The molecule has 4 heteroatoms. The van der Waals surface area contributed by atoms with Crippen LogP contribution in [0.5, 0.6) is 0 Å². The Morgan fingerprint density at radius 1 is 1.29 bits per heavy atom. The number of H-pyrrole nitrogens is 1. The average Bonchev–Trinajstić information content (AvgIpc) is 2.57. The highest BCUT2D eigenvalue weighted by atomic mass is 79.9. The predicted molar refractivity (Wildman–Crippen MR) is 72.9 cm³/mol. The maximum Gasteiger partial charge on any atom is 0.285 e. The van der Waals surface area contributed by atoms with Crippen molar-refractivity contribution in [1.82, 2.24) is 9.78 Å². The zero-order valence-electron chi connectivity index (χ0n) is 10.1. The van der Waals surface area contributed by atoms with Crippen LogP contribution in [0, 0.1) is 6.92 Å². The number of aryl methyl sites for hydroxylation is 1. The van der Waals surface area contributed by atoms with E-state index in [0.29, 0.717) is 4.47 Å². The first-order chi connectivity index (χ1) is 8.02. The number of nitrogens with one attached hydrogen (secondary N) is 1. The molecule has 0 amide bonds. The third kappa shape index (κ3) is 2.09. The van der Waals surface area contributed by atoms with Crippen LogP contribution in [0.1, 0.15) is 31.0 Å². The maximum atomic E-state index is 12.1. The van der Waals surface area contributed by atoms with Gasteiger partial charge in [0.1, 0.15) is 4.47 Å². The van der Waals surface area contributed by atoms with Gasteiger partial charge in [-0.1, -0.05) is 32.0 Å². The lowest BCUT2D eigenvalue weighted by atomic mass is 10.1. The maximum absolute atomic E-state index is 12.1. The molecule has 0 aliphatic heterocycles. The number of benzene rings is 1. The molecule has 0 aliphatic carbocycles. The van der Waals surface area contributed by atoms with Gasteiger partial charge in [0.2, 0.25) is 0 Å². The van der Waals surface area contributed by atoms with E-state index in [1.807, 2.05) is 31.2 Å². The van der Waals surface area contributed by atoms with E-state index in [2.05, 4.69) is 34.9 Å². The summed E-state index contributed by atoms with van der Waals surface area (Å²) in [5.74, 6) is 0.280. The minimum Gasteiger partial charge on any atom is -0.294 e. The standard InChI is InChI=1S/C13H15BrN2O/c1-8(2)12-11(14)13(17)16(15-12)10-7-5-4-6-9(10)3/h4-8,15H,1-3H3. The summed E-state index contributed by atoms with van der Waals surface area (Å²) in [5.41, 5.74) is 2.85. The number of aromatic nitrogens is 2. The van der Waals surface area contributed by atoms with E-state index in [9.17, 15) is 4.79 Å². The first-order valence-corrected chi connectivity index (χ1v) is 6.38. The summed E-state index contributed by atoms with van der Waals surface area (Å²) < 4.78 is 2.21. The molecule has 1 aromatic carbocycles. The molecule has 17 heavy (non-hydrogen) atoms. The Balaban J connectivity index is 2.66. The molecule has 90 valence electrons. The van der Waals surface area contributed by atoms with Crippen LogP contribution in [0.4, 0.5) is 0 Å². The summed E-state index contributed by atoms with van der Waals surface area (Å²) >= 11 is 3.36. The van der Waals surface area contributed by atoms with E-state index in [1.54, 1.807) is 4.68 Å². The molecular formula is C13H15BrN2O. The van der Waals surface area contributed by atoms with Gasteiger partial charge in [-0.2, -0.15) is 0 Å². The molecule has 0 bridgehead atoms. The number of para-hydroxylation sites is 1. The normalized spacial score (nSPS) is 11.1. The number of hydrogen-bond donors (Lipinski definition) is 1. The number of aromatic amines is 1. The Bertz CT molecular complexity index is 596. The Morgan fingerprint density at radius 3 is 2.47 bits per heavy atom. The Kier molecular flexibility index (Phi) is 3.24. The van der Waals surface area contributed by atoms with Crippen molar-refractivity contribution in [3.8, 4) is 5.69 Å². The Labute approximate surface area is 109 Å². The van der Waals surface area contributed by atoms with Crippen LogP contribution in [-0.2, 0) is 0 Å². The van der Waals surface area contributed by atoms with E-state index in [-0.39, 0.29) is 11.5 Å². The lowest BCUT2D eigenvalue weighted by Gasteiger charge is -2.06. The molecule has 1 heterocycles. The first kappa shape index (κ1) is 12.2. The molecule has 0 spiro atoms. The van der Waals surface area contributed by atoms with Gasteiger partial charge < -0.3 is 0 Å². The summed E-state index contributed by atoms with van der Waals surface area (Å²) in [6.07, 6.45) is 0. The van der Waals surface area contributed by atoms with Gasteiger partial charge in [0.05, 0.1) is 11.4 Å². The molecule has 1 N–H and O–H groups in total. The fraction of sp³-hybridized carbons (Fsp3) is 0.308. The van der Waals surface area contributed by atoms with Gasteiger partial charge in [0.25, 0.3) is 5.56 Å². The van der Waals surface area contributed by atoms with E-state index < -0.39 is 0 Å². The van der Waals surface area contributed by atoms with Crippen molar-refractivity contribution in [3.63, 3.8) is 0 Å². The third-order valence-electron chi connectivity index (χ3n) is 2.79. The Hall–Kier alpha value is -1.29. The van der Waals surface area contributed by atoms with Crippen molar-refractivity contribution >= 4 is 15.9 Å². The SMILES string of the molecule is Cc1ccccc1-n1[nH]c(C(C)C)c(Br)c1=O. The summed E-state index contributed by atoms with van der Waals surface area (Å²) in [4.78, 5) is 12.1. The average molecular weight is 295 g/mol. The zero-order valence-corrected chi connectivity index (χ0v) is 11.7.